The number of ether oxygens (including phenoxy) is 1. The van der Waals surface area contributed by atoms with Gasteiger partial charge < -0.3 is 15.0 Å². The van der Waals surface area contributed by atoms with Crippen molar-refractivity contribution in [2.24, 2.45) is 17.8 Å². The van der Waals surface area contributed by atoms with Crippen LogP contribution in [0.2, 0.25) is 5.02 Å². The molecule has 174 valence electrons. The van der Waals surface area contributed by atoms with E-state index in [2.05, 4.69) is 9.98 Å². The van der Waals surface area contributed by atoms with Gasteiger partial charge in [0.05, 0.1) is 29.8 Å². The van der Waals surface area contributed by atoms with Gasteiger partial charge in [0.15, 0.2) is 0 Å². The molecule has 2 N–H and O–H groups in total. The number of nitrogens with two attached hydrogens (primary N) is 1. The van der Waals surface area contributed by atoms with Crippen LogP contribution >= 0.6 is 11.6 Å². The van der Waals surface area contributed by atoms with E-state index in [0.717, 1.165) is 5.56 Å². The maximum absolute atomic E-state index is 13.8. The second kappa shape index (κ2) is 9.15. The highest BCUT2D eigenvalue weighted by Crippen LogP contribution is 2.40. The number of aliphatic imine (C=N–C) groups is 1. The summed E-state index contributed by atoms with van der Waals surface area (Å²) in [5.41, 5.74) is 9.89. The Morgan fingerprint density at radius 2 is 1.91 bits per heavy atom. The van der Waals surface area contributed by atoms with Crippen LogP contribution in [-0.4, -0.2) is 28.3 Å². The highest BCUT2D eigenvalue weighted by molar-refractivity contribution is 6.30. The number of benzene rings is 1. The number of carbonyl (C=O) groups is 1. The number of carbonyl (C=O) groups excluding carboxylic acids is 1. The zero-order chi connectivity index (χ0) is 24.6. The summed E-state index contributed by atoms with van der Waals surface area (Å²) in [5, 5.41) is 0.571. The third-order valence-electron chi connectivity index (χ3n) is 5.68. The number of halogens is 1. The highest BCUT2D eigenvalue weighted by Gasteiger charge is 2.41. The molecule has 8 nitrogen and oxygen atoms in total. The van der Waals surface area contributed by atoms with Crippen LogP contribution in [0.25, 0.3) is 0 Å². The van der Waals surface area contributed by atoms with Crippen molar-refractivity contribution in [2.75, 3.05) is 12.0 Å². The number of anilines is 1. The lowest BCUT2D eigenvalue weighted by molar-refractivity contribution is -0.114. The molecule has 3 heterocycles. The van der Waals surface area contributed by atoms with Crippen LogP contribution < -0.4 is 20.9 Å². The summed E-state index contributed by atoms with van der Waals surface area (Å²) >= 11 is 6.09. The van der Waals surface area contributed by atoms with E-state index in [9.17, 15) is 9.59 Å². The summed E-state index contributed by atoms with van der Waals surface area (Å²) in [7, 11) is 3.15. The maximum atomic E-state index is 13.8. The molecule has 0 spiro atoms. The van der Waals surface area contributed by atoms with Crippen LogP contribution in [0.15, 0.2) is 75.9 Å². The Morgan fingerprint density at radius 1 is 1.21 bits per heavy atom. The first-order valence-electron chi connectivity index (χ1n) is 10.5. The van der Waals surface area contributed by atoms with Gasteiger partial charge in [0, 0.05) is 30.0 Å². The van der Waals surface area contributed by atoms with E-state index in [-0.39, 0.29) is 17.0 Å². The molecule has 1 unspecified atom stereocenters. The number of hydrogen-bond acceptors (Lipinski definition) is 6. The average molecular weight is 478 g/mol. The molecule has 1 aromatic carbocycles. The van der Waals surface area contributed by atoms with Crippen LogP contribution in [0.4, 0.5) is 11.4 Å². The van der Waals surface area contributed by atoms with Crippen LogP contribution in [0.3, 0.4) is 0 Å². The van der Waals surface area contributed by atoms with Gasteiger partial charge in [-0.05, 0) is 49.7 Å². The number of hydrogen-bond donors (Lipinski definition) is 1. The lowest BCUT2D eigenvalue weighted by Gasteiger charge is -2.27. The van der Waals surface area contributed by atoms with Gasteiger partial charge in [-0.3, -0.25) is 14.5 Å². The number of amides is 1. The lowest BCUT2D eigenvalue weighted by atomic mass is 10.0. The minimum absolute atomic E-state index is 0.138. The van der Waals surface area contributed by atoms with Gasteiger partial charge in [-0.25, -0.2) is 9.98 Å². The van der Waals surface area contributed by atoms with E-state index in [4.69, 9.17) is 22.1 Å². The highest BCUT2D eigenvalue weighted by atomic mass is 35.5. The molecule has 0 fully saturated rings. The van der Waals surface area contributed by atoms with Gasteiger partial charge in [-0.1, -0.05) is 23.7 Å². The molecule has 0 saturated carbocycles. The number of pyridine rings is 2. The third kappa shape index (κ3) is 4.08. The zero-order valence-corrected chi connectivity index (χ0v) is 20.0. The first kappa shape index (κ1) is 23.3. The Kier molecular flexibility index (Phi) is 6.26. The fourth-order valence-electron chi connectivity index (χ4n) is 4.09. The van der Waals surface area contributed by atoms with Crippen molar-refractivity contribution in [1.82, 2.24) is 9.55 Å². The number of nitrogens with zero attached hydrogens (tertiary/aromatic N) is 4. The predicted octanol–water partition coefficient (Wildman–Crippen LogP) is 3.84. The molecule has 34 heavy (non-hydrogen) atoms. The number of aromatic nitrogens is 2. The zero-order valence-electron chi connectivity index (χ0n) is 19.2. The van der Waals surface area contributed by atoms with E-state index in [1.165, 1.54) is 11.7 Å². The van der Waals surface area contributed by atoms with Crippen molar-refractivity contribution in [3.05, 3.63) is 92.6 Å². The van der Waals surface area contributed by atoms with Crippen molar-refractivity contribution in [3.63, 3.8) is 0 Å². The van der Waals surface area contributed by atoms with Crippen molar-refractivity contribution in [1.29, 1.82) is 0 Å². The van der Waals surface area contributed by atoms with Gasteiger partial charge in [-0.2, -0.15) is 0 Å². The minimum Gasteiger partial charge on any atom is -0.479 e. The molecule has 0 saturated heterocycles. The molecule has 2 aromatic heterocycles. The van der Waals surface area contributed by atoms with Gasteiger partial charge in [-0.15, -0.1) is 0 Å². The molecule has 0 radical (unpaired) electrons. The van der Waals surface area contributed by atoms with Gasteiger partial charge in [0.25, 0.3) is 11.5 Å². The molecule has 3 aromatic rings. The van der Waals surface area contributed by atoms with E-state index in [1.54, 1.807) is 68.5 Å². The second-order valence-corrected chi connectivity index (χ2v) is 8.42. The van der Waals surface area contributed by atoms with Crippen LogP contribution in [0.1, 0.15) is 24.1 Å². The molecule has 4 rings (SSSR count). The smallest absolute Gasteiger partial charge is 0.262 e. The molecular formula is C25H24ClN5O3. The fourth-order valence-corrected chi connectivity index (χ4v) is 4.22. The molecule has 1 aliphatic rings. The largest absolute Gasteiger partial charge is 0.479 e. The maximum Gasteiger partial charge on any atom is 0.262 e. The first-order valence-corrected chi connectivity index (χ1v) is 10.9. The summed E-state index contributed by atoms with van der Waals surface area (Å²) in [6, 6.07) is 11.7. The van der Waals surface area contributed by atoms with Crippen LogP contribution in [0.5, 0.6) is 5.88 Å². The second-order valence-electron chi connectivity index (χ2n) is 7.99. The van der Waals surface area contributed by atoms with E-state index < -0.39 is 6.04 Å². The standard InChI is InChI=1S/C25H24ClN5O3/c1-14-12-18(13-30(3)24(14)32)31-22(16-7-9-17(26)10-8-16)21(27)20(25(31)33)15(2)29-19-6-5-11-28-23(19)34-4/h5-13,22H,27H2,1-4H3. The van der Waals surface area contributed by atoms with Gasteiger partial charge in [0.1, 0.15) is 11.7 Å². The van der Waals surface area contributed by atoms with E-state index in [1.807, 2.05) is 12.1 Å². The third-order valence-corrected chi connectivity index (χ3v) is 5.93. The van der Waals surface area contributed by atoms with Crippen LogP contribution in [0, 0.1) is 6.92 Å². The van der Waals surface area contributed by atoms with Crippen molar-refractivity contribution < 1.29 is 9.53 Å². The lowest BCUT2D eigenvalue weighted by Crippen LogP contribution is -2.33. The number of rotatable bonds is 5. The molecule has 1 atom stereocenters. The monoisotopic (exact) mass is 477 g/mol. The fraction of sp³-hybridized carbons (Fsp3) is 0.200. The normalized spacial score (nSPS) is 16.4. The molecule has 0 aliphatic carbocycles. The minimum atomic E-state index is -0.599. The Hall–Kier alpha value is -3.91. The van der Waals surface area contributed by atoms with Crippen molar-refractivity contribution in [3.8, 4) is 5.88 Å². The summed E-state index contributed by atoms with van der Waals surface area (Å²) in [6.45, 7) is 3.43. The van der Waals surface area contributed by atoms with E-state index >= 15 is 0 Å². The van der Waals surface area contributed by atoms with Gasteiger partial charge in [0.2, 0.25) is 5.88 Å². The van der Waals surface area contributed by atoms with E-state index in [0.29, 0.717) is 39.2 Å². The molecular weight excluding hydrogens is 454 g/mol. The Balaban J connectivity index is 1.89. The molecule has 9 heteroatoms. The summed E-state index contributed by atoms with van der Waals surface area (Å²) in [4.78, 5) is 36.4. The first-order chi connectivity index (χ1) is 16.2. The topological polar surface area (TPSA) is 103 Å². The Morgan fingerprint density at radius 3 is 2.56 bits per heavy atom. The quantitative estimate of drug-likeness (QED) is 0.562. The average Bonchev–Trinajstić information content (AvgIpc) is 3.08. The Bertz CT molecular complexity index is 1370. The summed E-state index contributed by atoms with van der Waals surface area (Å²) < 4.78 is 6.74. The Labute approximate surface area is 202 Å². The van der Waals surface area contributed by atoms with Gasteiger partial charge >= 0.3 is 0 Å². The summed E-state index contributed by atoms with van der Waals surface area (Å²) in [5.74, 6) is 0.0193. The SMILES string of the molecule is COc1ncccc1N=C(C)C1=C(N)C(c2ccc(Cl)cc2)N(c2cc(C)c(=O)n(C)c2)C1=O. The number of methoxy groups -OCH3 is 1. The molecule has 1 amide bonds. The van der Waals surface area contributed by atoms with Crippen molar-refractivity contribution in [2.45, 2.75) is 19.9 Å². The predicted molar refractivity (Wildman–Crippen MR) is 133 cm³/mol. The molecule has 1 aliphatic heterocycles. The summed E-state index contributed by atoms with van der Waals surface area (Å²) in [6.07, 6.45) is 3.23. The van der Waals surface area contributed by atoms with Crippen LogP contribution in [-0.2, 0) is 11.8 Å². The number of aryl methyl sites for hydroxylation is 2. The van der Waals surface area contributed by atoms with Crippen molar-refractivity contribution >= 4 is 34.6 Å². The molecule has 0 bridgehead atoms.